The van der Waals surface area contributed by atoms with Gasteiger partial charge >= 0.3 is 6.03 Å². The average Bonchev–Trinajstić information content (AvgIpc) is 3.16. The molecule has 122 valence electrons. The topological polar surface area (TPSA) is 50.2 Å². The van der Waals surface area contributed by atoms with Gasteiger partial charge in [0.15, 0.2) is 0 Å². The van der Waals surface area contributed by atoms with Crippen LogP contribution in [0.5, 0.6) is 0 Å². The van der Waals surface area contributed by atoms with Crippen molar-refractivity contribution in [1.82, 2.24) is 14.7 Å². The molecule has 1 aliphatic carbocycles. The molecule has 1 N–H and O–H groups in total. The van der Waals surface area contributed by atoms with Gasteiger partial charge in [0.25, 0.3) is 0 Å². The number of carbonyl (C=O) groups excluding carboxylic acids is 1. The molecule has 0 fully saturated rings. The zero-order valence-corrected chi connectivity index (χ0v) is 13.9. The van der Waals surface area contributed by atoms with E-state index in [4.69, 9.17) is 0 Å². The number of nitrogens with one attached hydrogen (secondary N) is 1. The minimum absolute atomic E-state index is 0.0310. The molecular weight excluding hydrogens is 288 g/mol. The summed E-state index contributed by atoms with van der Waals surface area (Å²) < 4.78 is 1.81. The molecule has 0 aliphatic heterocycles. The maximum Gasteiger partial charge on any atom is 0.321 e. The molecule has 5 nitrogen and oxygen atoms in total. The van der Waals surface area contributed by atoms with Crippen molar-refractivity contribution in [2.45, 2.75) is 32.1 Å². The zero-order valence-electron chi connectivity index (χ0n) is 13.9. The highest BCUT2D eigenvalue weighted by Gasteiger charge is 2.17. The van der Waals surface area contributed by atoms with Crippen LogP contribution in [-0.2, 0) is 26.3 Å². The molecule has 0 unspecified atom stereocenters. The lowest BCUT2D eigenvalue weighted by atomic mass is 10.1. The number of fused-ring (bicyclic) bond motifs is 1. The summed E-state index contributed by atoms with van der Waals surface area (Å²) in [6.07, 6.45) is 9.15. The molecule has 2 aromatic rings. The van der Waals surface area contributed by atoms with Crippen molar-refractivity contribution in [3.8, 4) is 0 Å². The predicted octanol–water partition coefficient (Wildman–Crippen LogP) is 3.01. The van der Waals surface area contributed by atoms with E-state index in [0.29, 0.717) is 0 Å². The van der Waals surface area contributed by atoms with Crippen molar-refractivity contribution in [2.75, 3.05) is 18.9 Å². The van der Waals surface area contributed by atoms with E-state index in [2.05, 4.69) is 16.5 Å². The van der Waals surface area contributed by atoms with Gasteiger partial charge in [0.2, 0.25) is 0 Å². The summed E-state index contributed by atoms with van der Waals surface area (Å²) in [6, 6.07) is 6.17. The number of amides is 2. The molecule has 1 aromatic carbocycles. The monoisotopic (exact) mass is 312 g/mol. The van der Waals surface area contributed by atoms with Crippen LogP contribution < -0.4 is 5.32 Å². The Morgan fingerprint density at radius 1 is 1.39 bits per heavy atom. The SMILES string of the molecule is CN(CCCc1cnn(C)c1)C(=O)Nc1cccc2c1CCC2. The molecule has 2 amide bonds. The number of carbonyl (C=O) groups is 1. The second kappa shape index (κ2) is 6.86. The molecule has 0 saturated carbocycles. The Morgan fingerprint density at radius 2 is 2.26 bits per heavy atom. The summed E-state index contributed by atoms with van der Waals surface area (Å²) in [5, 5.41) is 7.23. The number of benzene rings is 1. The lowest BCUT2D eigenvalue weighted by Gasteiger charge is -2.19. The van der Waals surface area contributed by atoms with E-state index in [1.165, 1.54) is 23.1 Å². The van der Waals surface area contributed by atoms with Crippen LogP contribution >= 0.6 is 0 Å². The van der Waals surface area contributed by atoms with E-state index in [-0.39, 0.29) is 6.03 Å². The third-order valence-corrected chi connectivity index (χ3v) is 4.45. The summed E-state index contributed by atoms with van der Waals surface area (Å²) in [5.41, 5.74) is 4.87. The summed E-state index contributed by atoms with van der Waals surface area (Å²) in [7, 11) is 3.77. The minimum atomic E-state index is -0.0310. The van der Waals surface area contributed by atoms with Gasteiger partial charge in [-0.25, -0.2) is 4.79 Å². The van der Waals surface area contributed by atoms with Crippen molar-refractivity contribution < 1.29 is 4.79 Å². The van der Waals surface area contributed by atoms with Gasteiger partial charge in [0.05, 0.1) is 6.20 Å². The first-order valence-corrected chi connectivity index (χ1v) is 8.24. The summed E-state index contributed by atoms with van der Waals surface area (Å²) >= 11 is 0. The second-order valence-corrected chi connectivity index (χ2v) is 6.27. The number of anilines is 1. The quantitative estimate of drug-likeness (QED) is 0.922. The van der Waals surface area contributed by atoms with Gasteiger partial charge in [0.1, 0.15) is 0 Å². The predicted molar refractivity (Wildman–Crippen MR) is 91.6 cm³/mol. The molecular formula is C18H24N4O. The van der Waals surface area contributed by atoms with Crippen LogP contribution in [0.25, 0.3) is 0 Å². The fourth-order valence-corrected chi connectivity index (χ4v) is 3.17. The summed E-state index contributed by atoms with van der Waals surface area (Å²) in [5.74, 6) is 0. The maximum atomic E-state index is 12.4. The van der Waals surface area contributed by atoms with E-state index in [0.717, 1.165) is 37.9 Å². The number of aryl methyl sites for hydroxylation is 3. The van der Waals surface area contributed by atoms with Crippen LogP contribution in [0.2, 0.25) is 0 Å². The van der Waals surface area contributed by atoms with Crippen LogP contribution in [-0.4, -0.2) is 34.3 Å². The highest BCUT2D eigenvalue weighted by atomic mass is 16.2. The van der Waals surface area contributed by atoms with Crippen molar-refractivity contribution in [1.29, 1.82) is 0 Å². The number of urea groups is 1. The Morgan fingerprint density at radius 3 is 3.04 bits per heavy atom. The Balaban J connectivity index is 1.51. The first-order valence-electron chi connectivity index (χ1n) is 8.24. The Bertz CT molecular complexity index is 692. The third-order valence-electron chi connectivity index (χ3n) is 4.45. The fourth-order valence-electron chi connectivity index (χ4n) is 3.17. The molecule has 1 aromatic heterocycles. The smallest absolute Gasteiger partial charge is 0.321 e. The van der Waals surface area contributed by atoms with E-state index < -0.39 is 0 Å². The lowest BCUT2D eigenvalue weighted by Crippen LogP contribution is -2.32. The van der Waals surface area contributed by atoms with Crippen molar-refractivity contribution in [3.05, 3.63) is 47.3 Å². The number of hydrogen-bond acceptors (Lipinski definition) is 2. The maximum absolute atomic E-state index is 12.4. The van der Waals surface area contributed by atoms with Gasteiger partial charge in [-0.2, -0.15) is 5.10 Å². The molecule has 1 heterocycles. The molecule has 1 aliphatic rings. The molecule has 0 saturated heterocycles. The molecule has 5 heteroatoms. The van der Waals surface area contributed by atoms with E-state index >= 15 is 0 Å². The highest BCUT2D eigenvalue weighted by molar-refractivity contribution is 5.90. The normalized spacial score (nSPS) is 13.0. The number of aromatic nitrogens is 2. The molecule has 0 radical (unpaired) electrons. The van der Waals surface area contributed by atoms with Crippen LogP contribution in [0.4, 0.5) is 10.5 Å². The molecule has 0 bridgehead atoms. The van der Waals surface area contributed by atoms with Crippen LogP contribution in [0.15, 0.2) is 30.6 Å². The van der Waals surface area contributed by atoms with Gasteiger partial charge in [-0.15, -0.1) is 0 Å². The standard InChI is InChI=1S/C18H24N4O/c1-21(11-5-6-14-12-19-22(2)13-14)18(23)20-17-10-4-8-15-7-3-9-16(15)17/h4,8,10,12-13H,3,5-7,9,11H2,1-2H3,(H,20,23). The second-order valence-electron chi connectivity index (χ2n) is 6.27. The van der Waals surface area contributed by atoms with Crippen LogP contribution in [0, 0.1) is 0 Å². The van der Waals surface area contributed by atoms with Crippen molar-refractivity contribution in [2.24, 2.45) is 7.05 Å². The van der Waals surface area contributed by atoms with Crippen molar-refractivity contribution in [3.63, 3.8) is 0 Å². The van der Waals surface area contributed by atoms with Crippen LogP contribution in [0.3, 0.4) is 0 Å². The van der Waals surface area contributed by atoms with E-state index in [1.54, 1.807) is 4.90 Å². The van der Waals surface area contributed by atoms with Gasteiger partial charge in [-0.1, -0.05) is 12.1 Å². The average molecular weight is 312 g/mol. The first-order chi connectivity index (χ1) is 11.1. The third kappa shape index (κ3) is 3.73. The van der Waals surface area contributed by atoms with Gasteiger partial charge < -0.3 is 10.2 Å². The highest BCUT2D eigenvalue weighted by Crippen LogP contribution is 2.28. The number of rotatable bonds is 5. The molecule has 23 heavy (non-hydrogen) atoms. The minimum Gasteiger partial charge on any atom is -0.328 e. The Labute approximate surface area is 137 Å². The first kappa shape index (κ1) is 15.6. The number of hydrogen-bond donors (Lipinski definition) is 1. The van der Waals surface area contributed by atoms with Gasteiger partial charge in [-0.05, 0) is 54.9 Å². The summed E-state index contributed by atoms with van der Waals surface area (Å²) in [6.45, 7) is 0.732. The summed E-state index contributed by atoms with van der Waals surface area (Å²) in [4.78, 5) is 14.1. The zero-order chi connectivity index (χ0) is 16.2. The fraction of sp³-hybridized carbons (Fsp3) is 0.444. The van der Waals surface area contributed by atoms with Gasteiger partial charge in [-0.3, -0.25) is 4.68 Å². The Hall–Kier alpha value is -2.30. The van der Waals surface area contributed by atoms with Crippen LogP contribution in [0.1, 0.15) is 29.5 Å². The van der Waals surface area contributed by atoms with Crippen molar-refractivity contribution >= 4 is 11.7 Å². The molecule has 0 atom stereocenters. The number of nitrogens with zero attached hydrogens (tertiary/aromatic N) is 3. The van der Waals surface area contributed by atoms with E-state index in [9.17, 15) is 4.79 Å². The van der Waals surface area contributed by atoms with E-state index in [1.807, 2.05) is 43.3 Å². The molecule has 0 spiro atoms. The molecule has 3 rings (SSSR count). The lowest BCUT2D eigenvalue weighted by molar-refractivity contribution is 0.222. The Kier molecular flexibility index (Phi) is 4.65. The van der Waals surface area contributed by atoms with Gasteiger partial charge in [0, 0.05) is 32.5 Å². The largest absolute Gasteiger partial charge is 0.328 e.